The molecule has 2 rings (SSSR count). The van der Waals surface area contributed by atoms with Crippen LogP contribution in [0.5, 0.6) is 0 Å². The fraction of sp³-hybridized carbons (Fsp3) is 0.0833. The van der Waals surface area contributed by atoms with Crippen LogP contribution in [0.1, 0.15) is 0 Å². The average Bonchev–Trinajstić information content (AvgIpc) is 2.43. The summed E-state index contributed by atoms with van der Waals surface area (Å²) in [6.07, 6.45) is 1.25. The molecule has 5 nitrogen and oxygen atoms in total. The van der Waals surface area contributed by atoms with E-state index >= 15 is 0 Å². The molecule has 1 aromatic heterocycles. The Bertz CT molecular complexity index is 698. The van der Waals surface area contributed by atoms with Gasteiger partial charge in [0.2, 0.25) is 0 Å². The Kier molecular flexibility index (Phi) is 4.37. The van der Waals surface area contributed by atoms with Crippen molar-refractivity contribution >= 4 is 44.7 Å². The number of benzene rings is 1. The minimum atomic E-state index is -3.79. The predicted octanol–water partition coefficient (Wildman–Crippen LogP) is 3.23. The Balaban J connectivity index is 2.35. The molecule has 2 aromatic rings. The van der Waals surface area contributed by atoms with Gasteiger partial charge < -0.3 is 5.32 Å². The largest absolute Gasteiger partial charge is 0.373 e. The molecule has 106 valence electrons. The van der Waals surface area contributed by atoms with Gasteiger partial charge in [-0.25, -0.2) is 13.4 Å². The molecule has 0 aliphatic rings. The average molecular weight is 332 g/mol. The van der Waals surface area contributed by atoms with Crippen LogP contribution in [-0.4, -0.2) is 20.4 Å². The summed E-state index contributed by atoms with van der Waals surface area (Å²) in [5.74, 6) is 0.569. The van der Waals surface area contributed by atoms with E-state index in [0.717, 1.165) is 0 Å². The predicted molar refractivity (Wildman–Crippen MR) is 81.1 cm³/mol. The van der Waals surface area contributed by atoms with Crippen molar-refractivity contribution in [1.82, 2.24) is 4.98 Å². The van der Waals surface area contributed by atoms with Crippen molar-refractivity contribution in [2.24, 2.45) is 0 Å². The lowest BCUT2D eigenvalue weighted by Gasteiger charge is -2.11. The van der Waals surface area contributed by atoms with Crippen molar-refractivity contribution in [3.05, 3.63) is 46.6 Å². The summed E-state index contributed by atoms with van der Waals surface area (Å²) in [5.41, 5.74) is 0.147. The number of nitrogens with one attached hydrogen (secondary N) is 2. The van der Waals surface area contributed by atoms with Gasteiger partial charge in [0, 0.05) is 13.2 Å². The smallest absolute Gasteiger partial charge is 0.263 e. The Hall–Kier alpha value is -1.50. The van der Waals surface area contributed by atoms with Crippen LogP contribution >= 0.6 is 23.2 Å². The molecule has 20 heavy (non-hydrogen) atoms. The molecule has 0 aliphatic carbocycles. The van der Waals surface area contributed by atoms with Crippen LogP contribution in [0.15, 0.2) is 41.4 Å². The van der Waals surface area contributed by atoms with Crippen LogP contribution in [0.3, 0.4) is 0 Å². The van der Waals surface area contributed by atoms with Gasteiger partial charge in [0.05, 0.1) is 15.7 Å². The van der Waals surface area contributed by atoms with Gasteiger partial charge in [0.1, 0.15) is 10.7 Å². The first kappa shape index (κ1) is 14.9. The molecule has 0 unspecified atom stereocenters. The molecule has 0 aliphatic heterocycles. The minimum absolute atomic E-state index is 0.0208. The second-order valence-corrected chi connectivity index (χ2v) is 6.33. The van der Waals surface area contributed by atoms with Crippen molar-refractivity contribution in [3.63, 3.8) is 0 Å². The second kappa shape index (κ2) is 5.87. The lowest BCUT2D eigenvalue weighted by molar-refractivity contribution is 0.601. The summed E-state index contributed by atoms with van der Waals surface area (Å²) in [6, 6.07) is 7.72. The molecule has 0 atom stereocenters. The van der Waals surface area contributed by atoms with E-state index in [-0.39, 0.29) is 20.6 Å². The highest BCUT2D eigenvalue weighted by atomic mass is 35.5. The molecule has 0 saturated carbocycles. The number of sulfonamides is 1. The number of halogens is 2. The Morgan fingerprint density at radius 2 is 1.75 bits per heavy atom. The first-order valence-corrected chi connectivity index (χ1v) is 7.78. The molecular weight excluding hydrogens is 321 g/mol. The standard InChI is InChI=1S/C12H11Cl2N3O2S/c1-15-11-6-5-8(7-16-11)20(18,19)17-12-9(13)3-2-4-10(12)14/h2-7,17H,1H3,(H,15,16). The van der Waals surface area contributed by atoms with Gasteiger partial charge in [-0.1, -0.05) is 29.3 Å². The van der Waals surface area contributed by atoms with Crippen molar-refractivity contribution < 1.29 is 8.42 Å². The van der Waals surface area contributed by atoms with E-state index in [4.69, 9.17) is 23.2 Å². The molecule has 0 saturated heterocycles. The zero-order chi connectivity index (χ0) is 14.8. The quantitative estimate of drug-likeness (QED) is 0.902. The van der Waals surface area contributed by atoms with Crippen LogP contribution in [0.2, 0.25) is 10.0 Å². The number of para-hydroxylation sites is 1. The molecule has 8 heteroatoms. The molecule has 1 aromatic carbocycles. The summed E-state index contributed by atoms with van der Waals surface area (Å²) >= 11 is 11.9. The van der Waals surface area contributed by atoms with Gasteiger partial charge in [0.25, 0.3) is 10.0 Å². The number of aromatic nitrogens is 1. The molecule has 0 fully saturated rings. The molecule has 0 radical (unpaired) electrons. The van der Waals surface area contributed by atoms with E-state index in [2.05, 4.69) is 15.0 Å². The van der Waals surface area contributed by atoms with Gasteiger partial charge in [-0.05, 0) is 24.3 Å². The molecule has 0 amide bonds. The van der Waals surface area contributed by atoms with Gasteiger partial charge in [-0.2, -0.15) is 0 Å². The molecule has 0 bridgehead atoms. The monoisotopic (exact) mass is 331 g/mol. The van der Waals surface area contributed by atoms with Crippen LogP contribution in [0, 0.1) is 0 Å². The third-order valence-corrected chi connectivity index (χ3v) is 4.47. The molecule has 0 spiro atoms. The van der Waals surface area contributed by atoms with E-state index in [9.17, 15) is 8.42 Å². The summed E-state index contributed by atoms with van der Waals surface area (Å²) in [6.45, 7) is 0. The van der Waals surface area contributed by atoms with Gasteiger partial charge in [-0.15, -0.1) is 0 Å². The number of nitrogens with zero attached hydrogens (tertiary/aromatic N) is 1. The van der Waals surface area contributed by atoms with Crippen molar-refractivity contribution in [3.8, 4) is 0 Å². The maximum atomic E-state index is 12.2. The van der Waals surface area contributed by atoms with Crippen LogP contribution in [0.4, 0.5) is 11.5 Å². The number of hydrogen-bond donors (Lipinski definition) is 2. The van der Waals surface area contributed by atoms with Gasteiger partial charge in [0.15, 0.2) is 0 Å². The van der Waals surface area contributed by atoms with Gasteiger partial charge in [-0.3, -0.25) is 4.72 Å². The summed E-state index contributed by atoms with van der Waals surface area (Å²) in [4.78, 5) is 3.97. The number of anilines is 2. The highest BCUT2D eigenvalue weighted by Gasteiger charge is 2.18. The SMILES string of the molecule is CNc1ccc(S(=O)(=O)Nc2c(Cl)cccc2Cl)cn1. The first-order valence-electron chi connectivity index (χ1n) is 5.54. The molecule has 2 N–H and O–H groups in total. The third kappa shape index (κ3) is 3.15. The zero-order valence-corrected chi connectivity index (χ0v) is 12.7. The Morgan fingerprint density at radius 1 is 1.10 bits per heavy atom. The van der Waals surface area contributed by atoms with Crippen LogP contribution in [-0.2, 0) is 10.0 Å². The Labute approximate surface area is 127 Å². The lowest BCUT2D eigenvalue weighted by atomic mass is 10.3. The topological polar surface area (TPSA) is 71.1 Å². The highest BCUT2D eigenvalue weighted by Crippen LogP contribution is 2.31. The fourth-order valence-corrected chi connectivity index (χ4v) is 3.12. The Morgan fingerprint density at radius 3 is 2.25 bits per heavy atom. The summed E-state index contributed by atoms with van der Waals surface area (Å²) in [7, 11) is -2.10. The van der Waals surface area contributed by atoms with Crippen molar-refractivity contribution in [1.29, 1.82) is 0 Å². The van der Waals surface area contributed by atoms with Crippen molar-refractivity contribution in [2.75, 3.05) is 17.1 Å². The maximum Gasteiger partial charge on any atom is 0.263 e. The summed E-state index contributed by atoms with van der Waals surface area (Å²) < 4.78 is 26.8. The molecule has 1 heterocycles. The van der Waals surface area contributed by atoms with E-state index in [1.807, 2.05) is 0 Å². The third-order valence-electron chi connectivity index (χ3n) is 2.50. The number of rotatable bonds is 4. The van der Waals surface area contributed by atoms with E-state index in [0.29, 0.717) is 5.82 Å². The molecular formula is C12H11Cl2N3O2S. The number of hydrogen-bond acceptors (Lipinski definition) is 4. The van der Waals surface area contributed by atoms with Gasteiger partial charge >= 0.3 is 0 Å². The normalized spacial score (nSPS) is 11.2. The van der Waals surface area contributed by atoms with Crippen molar-refractivity contribution in [2.45, 2.75) is 4.90 Å². The van der Waals surface area contributed by atoms with E-state index in [1.165, 1.54) is 12.3 Å². The second-order valence-electron chi connectivity index (χ2n) is 3.83. The van der Waals surface area contributed by atoms with Crippen LogP contribution < -0.4 is 10.0 Å². The van der Waals surface area contributed by atoms with E-state index < -0.39 is 10.0 Å². The van der Waals surface area contributed by atoms with Crippen LogP contribution in [0.25, 0.3) is 0 Å². The lowest BCUT2D eigenvalue weighted by Crippen LogP contribution is -2.14. The fourth-order valence-electron chi connectivity index (χ4n) is 1.48. The minimum Gasteiger partial charge on any atom is -0.373 e. The maximum absolute atomic E-state index is 12.2. The number of pyridine rings is 1. The van der Waals surface area contributed by atoms with E-state index in [1.54, 1.807) is 31.3 Å². The first-order chi connectivity index (χ1) is 9.44. The summed E-state index contributed by atoms with van der Waals surface area (Å²) in [5, 5.41) is 3.25. The zero-order valence-electron chi connectivity index (χ0n) is 10.4. The highest BCUT2D eigenvalue weighted by molar-refractivity contribution is 7.92.